The summed E-state index contributed by atoms with van der Waals surface area (Å²) < 4.78 is 14.6. The first-order valence-electron chi connectivity index (χ1n) is 6.91. The van der Waals surface area contributed by atoms with Crippen molar-refractivity contribution in [3.63, 3.8) is 0 Å². The molecule has 1 aliphatic heterocycles. The average molecular weight is 326 g/mol. The highest BCUT2D eigenvalue weighted by Gasteiger charge is 2.30. The van der Waals surface area contributed by atoms with E-state index < -0.39 is 12.0 Å². The predicted octanol–water partition coefficient (Wildman–Crippen LogP) is 2.48. The molecule has 1 aliphatic rings. The quantitative estimate of drug-likeness (QED) is 0.938. The van der Waals surface area contributed by atoms with Gasteiger partial charge in [0.1, 0.15) is 11.9 Å². The van der Waals surface area contributed by atoms with E-state index in [1.165, 1.54) is 12.1 Å². The normalized spacial score (nSPS) is 18.1. The lowest BCUT2D eigenvalue weighted by atomic mass is 10.2. The van der Waals surface area contributed by atoms with E-state index in [9.17, 15) is 9.18 Å². The fourth-order valence-corrected chi connectivity index (χ4v) is 2.69. The van der Waals surface area contributed by atoms with Crippen molar-refractivity contribution in [3.8, 4) is 5.69 Å². The Kier molecular flexibility index (Phi) is 5.15. The van der Waals surface area contributed by atoms with Gasteiger partial charge in [-0.05, 0) is 49.7 Å². The zero-order valence-electron chi connectivity index (χ0n) is 11.9. The van der Waals surface area contributed by atoms with Crippen molar-refractivity contribution in [1.82, 2.24) is 14.7 Å². The molecule has 5 nitrogen and oxygen atoms in total. The number of carboxylic acids is 1. The average Bonchev–Trinajstić information content (AvgIpc) is 3.09. The number of carbonyl (C=O) groups is 1. The van der Waals surface area contributed by atoms with E-state index >= 15 is 0 Å². The lowest BCUT2D eigenvalue weighted by Gasteiger charge is -2.19. The van der Waals surface area contributed by atoms with Crippen LogP contribution in [0, 0.1) is 5.82 Å². The molecule has 0 saturated carbocycles. The molecule has 0 bridgehead atoms. The first kappa shape index (κ1) is 16.5. The summed E-state index contributed by atoms with van der Waals surface area (Å²) in [5, 5.41) is 13.6. The number of carboxylic acid groups (broad SMARTS) is 1. The molecule has 1 atom stereocenters. The molecular weight excluding hydrogens is 309 g/mol. The topological polar surface area (TPSA) is 58.4 Å². The summed E-state index contributed by atoms with van der Waals surface area (Å²) in [4.78, 5) is 13.1. The summed E-state index contributed by atoms with van der Waals surface area (Å²) in [6, 6.07) is 7.53. The number of hydrogen-bond donors (Lipinski definition) is 1. The number of benzene rings is 1. The summed E-state index contributed by atoms with van der Waals surface area (Å²) in [6.45, 7) is 1.30. The lowest BCUT2D eigenvalue weighted by Crippen LogP contribution is -2.35. The molecule has 1 N–H and O–H groups in total. The van der Waals surface area contributed by atoms with E-state index in [0.29, 0.717) is 13.0 Å². The van der Waals surface area contributed by atoms with Crippen molar-refractivity contribution in [3.05, 3.63) is 48.0 Å². The summed E-state index contributed by atoms with van der Waals surface area (Å²) in [5.41, 5.74) is 1.59. The van der Waals surface area contributed by atoms with Crippen LogP contribution in [0.5, 0.6) is 0 Å². The van der Waals surface area contributed by atoms with Crippen molar-refractivity contribution in [2.75, 3.05) is 6.54 Å². The Labute approximate surface area is 133 Å². The number of halogens is 2. The molecule has 2 heterocycles. The fourth-order valence-electron chi connectivity index (χ4n) is 2.69. The third-order valence-corrected chi connectivity index (χ3v) is 3.75. The first-order valence-corrected chi connectivity index (χ1v) is 6.91. The highest BCUT2D eigenvalue weighted by Crippen LogP contribution is 2.20. The van der Waals surface area contributed by atoms with Gasteiger partial charge in [-0.15, -0.1) is 12.4 Å². The number of rotatable bonds is 4. The Morgan fingerprint density at radius 3 is 2.73 bits per heavy atom. The summed E-state index contributed by atoms with van der Waals surface area (Å²) >= 11 is 0. The molecule has 118 valence electrons. The Hall–Kier alpha value is -1.92. The molecule has 22 heavy (non-hydrogen) atoms. The predicted molar refractivity (Wildman–Crippen MR) is 81.8 cm³/mol. The van der Waals surface area contributed by atoms with Crippen molar-refractivity contribution in [2.45, 2.75) is 25.4 Å². The maximum Gasteiger partial charge on any atom is 0.320 e. The maximum atomic E-state index is 12.9. The SMILES string of the molecule is Cl.O=C(O)C1CCCN1Cc1ccn(-c2ccc(F)cc2)n1. The maximum absolute atomic E-state index is 12.9. The van der Waals surface area contributed by atoms with Crippen LogP contribution in [0.3, 0.4) is 0 Å². The number of likely N-dealkylation sites (tertiary alicyclic amines) is 1. The van der Waals surface area contributed by atoms with Gasteiger partial charge in [0.15, 0.2) is 0 Å². The molecule has 7 heteroatoms. The molecule has 0 amide bonds. The van der Waals surface area contributed by atoms with Crippen LogP contribution in [0.1, 0.15) is 18.5 Å². The zero-order chi connectivity index (χ0) is 14.8. The highest BCUT2D eigenvalue weighted by molar-refractivity contribution is 5.85. The van der Waals surface area contributed by atoms with Gasteiger partial charge in [0.05, 0.1) is 11.4 Å². The van der Waals surface area contributed by atoms with Gasteiger partial charge in [0.2, 0.25) is 0 Å². The first-order chi connectivity index (χ1) is 10.1. The third-order valence-electron chi connectivity index (χ3n) is 3.75. The molecule has 2 aromatic rings. The molecule has 1 aromatic carbocycles. The Morgan fingerprint density at radius 2 is 2.05 bits per heavy atom. The van der Waals surface area contributed by atoms with Gasteiger partial charge < -0.3 is 5.11 Å². The standard InChI is InChI=1S/C15H16FN3O2.ClH/c16-11-3-5-13(6-4-11)19-9-7-12(17-19)10-18-8-1-2-14(18)15(20)21;/h3-7,9,14H,1-2,8,10H2,(H,20,21);1H. The van der Waals surface area contributed by atoms with E-state index in [-0.39, 0.29) is 18.2 Å². The van der Waals surface area contributed by atoms with E-state index in [1.54, 1.807) is 23.0 Å². The van der Waals surface area contributed by atoms with Gasteiger partial charge >= 0.3 is 5.97 Å². The third kappa shape index (κ3) is 3.45. The molecule has 1 fully saturated rings. The van der Waals surface area contributed by atoms with Crippen LogP contribution in [0.4, 0.5) is 4.39 Å². The van der Waals surface area contributed by atoms with Gasteiger partial charge in [-0.25, -0.2) is 9.07 Å². The van der Waals surface area contributed by atoms with Crippen LogP contribution in [0.25, 0.3) is 5.69 Å². The molecule has 0 aliphatic carbocycles. The monoisotopic (exact) mass is 325 g/mol. The summed E-state index contributed by atoms with van der Waals surface area (Å²) in [5.74, 6) is -1.06. The molecule has 0 radical (unpaired) electrons. The lowest BCUT2D eigenvalue weighted by molar-refractivity contribution is -0.142. The second kappa shape index (κ2) is 6.89. The summed E-state index contributed by atoms with van der Waals surface area (Å²) in [7, 11) is 0. The van der Waals surface area contributed by atoms with Crippen molar-refractivity contribution < 1.29 is 14.3 Å². The second-order valence-electron chi connectivity index (χ2n) is 5.19. The Balaban J connectivity index is 0.00000176. The van der Waals surface area contributed by atoms with Gasteiger partial charge in [-0.2, -0.15) is 5.10 Å². The fraction of sp³-hybridized carbons (Fsp3) is 0.333. The molecule has 1 aromatic heterocycles. The van der Waals surface area contributed by atoms with Crippen LogP contribution in [-0.4, -0.2) is 38.3 Å². The summed E-state index contributed by atoms with van der Waals surface area (Å²) in [6.07, 6.45) is 3.39. The number of aliphatic carboxylic acids is 1. The number of hydrogen-bond acceptors (Lipinski definition) is 3. The van der Waals surface area contributed by atoms with E-state index in [0.717, 1.165) is 24.3 Å². The van der Waals surface area contributed by atoms with Gasteiger partial charge in [0, 0.05) is 12.7 Å². The van der Waals surface area contributed by atoms with Crippen molar-refractivity contribution in [2.24, 2.45) is 0 Å². The van der Waals surface area contributed by atoms with Crippen molar-refractivity contribution >= 4 is 18.4 Å². The number of aromatic nitrogens is 2. The molecule has 0 spiro atoms. The minimum Gasteiger partial charge on any atom is -0.480 e. The molecule has 1 saturated heterocycles. The van der Waals surface area contributed by atoms with E-state index in [1.807, 2.05) is 11.0 Å². The van der Waals surface area contributed by atoms with Crippen LogP contribution >= 0.6 is 12.4 Å². The minimum absolute atomic E-state index is 0. The zero-order valence-corrected chi connectivity index (χ0v) is 12.7. The van der Waals surface area contributed by atoms with Gasteiger partial charge in [-0.1, -0.05) is 0 Å². The highest BCUT2D eigenvalue weighted by atomic mass is 35.5. The van der Waals surface area contributed by atoms with Crippen LogP contribution < -0.4 is 0 Å². The largest absolute Gasteiger partial charge is 0.480 e. The van der Waals surface area contributed by atoms with E-state index in [4.69, 9.17) is 5.11 Å². The van der Waals surface area contributed by atoms with Crippen LogP contribution in [0.2, 0.25) is 0 Å². The second-order valence-corrected chi connectivity index (χ2v) is 5.19. The smallest absolute Gasteiger partial charge is 0.320 e. The molecule has 3 rings (SSSR count). The number of nitrogens with zero attached hydrogens (tertiary/aromatic N) is 3. The molecular formula is C15H17ClFN3O2. The van der Waals surface area contributed by atoms with E-state index in [2.05, 4.69) is 5.10 Å². The molecule has 1 unspecified atom stereocenters. The van der Waals surface area contributed by atoms with Crippen LogP contribution in [0.15, 0.2) is 36.5 Å². The van der Waals surface area contributed by atoms with Gasteiger partial charge in [0.25, 0.3) is 0 Å². The minimum atomic E-state index is -0.773. The van der Waals surface area contributed by atoms with Crippen LogP contribution in [-0.2, 0) is 11.3 Å². The Morgan fingerprint density at radius 1 is 1.32 bits per heavy atom. The van der Waals surface area contributed by atoms with Crippen molar-refractivity contribution in [1.29, 1.82) is 0 Å². The Bertz CT molecular complexity index is 644. The van der Waals surface area contributed by atoms with Gasteiger partial charge in [-0.3, -0.25) is 9.69 Å².